The van der Waals surface area contributed by atoms with Crippen molar-refractivity contribution in [2.24, 2.45) is 0 Å². The van der Waals surface area contributed by atoms with Crippen molar-refractivity contribution in [2.75, 3.05) is 13.7 Å². The van der Waals surface area contributed by atoms with Gasteiger partial charge in [0.1, 0.15) is 6.04 Å². The number of methoxy groups -OCH3 is 1. The molecule has 1 atom stereocenters. The Hall–Kier alpha value is -2.02. The van der Waals surface area contributed by atoms with Crippen LogP contribution in [0.5, 0.6) is 0 Å². The zero-order chi connectivity index (χ0) is 14.3. The average Bonchev–Trinajstić information content (AvgIpc) is 2.37. The second-order valence-electron chi connectivity index (χ2n) is 3.87. The Morgan fingerprint density at radius 2 is 2.32 bits per heavy atom. The summed E-state index contributed by atoms with van der Waals surface area (Å²) in [6, 6.07) is 1.23. The first kappa shape index (κ1) is 15.0. The minimum atomic E-state index is -1.14. The van der Waals surface area contributed by atoms with Gasteiger partial charge in [-0.15, -0.1) is 0 Å². The molecule has 6 nitrogen and oxygen atoms in total. The predicted molar refractivity (Wildman–Crippen MR) is 64.2 cm³/mol. The lowest BCUT2D eigenvalue weighted by molar-refractivity contribution is -0.139. The summed E-state index contributed by atoms with van der Waals surface area (Å²) in [5, 5.41) is 11.3. The van der Waals surface area contributed by atoms with E-state index in [0.29, 0.717) is 13.0 Å². The third-order valence-corrected chi connectivity index (χ3v) is 2.43. The molecule has 2 N–H and O–H groups in total. The van der Waals surface area contributed by atoms with E-state index in [0.717, 1.165) is 12.3 Å². The Morgan fingerprint density at radius 1 is 1.58 bits per heavy atom. The number of carbonyl (C=O) groups excluding carboxylic acids is 1. The molecule has 0 aromatic carbocycles. The van der Waals surface area contributed by atoms with E-state index in [2.05, 4.69) is 10.3 Å². The van der Waals surface area contributed by atoms with Crippen LogP contribution in [0.2, 0.25) is 0 Å². The third-order valence-electron chi connectivity index (χ3n) is 2.43. The number of carboxylic acid groups (broad SMARTS) is 1. The largest absolute Gasteiger partial charge is 0.480 e. The van der Waals surface area contributed by atoms with Crippen LogP contribution in [0.3, 0.4) is 0 Å². The highest BCUT2D eigenvalue weighted by molar-refractivity contribution is 5.96. The van der Waals surface area contributed by atoms with Gasteiger partial charge in [0, 0.05) is 31.5 Å². The van der Waals surface area contributed by atoms with Gasteiger partial charge >= 0.3 is 5.97 Å². The number of ether oxygens (including phenoxy) is 1. The van der Waals surface area contributed by atoms with E-state index in [9.17, 15) is 14.0 Å². The number of hydrogen-bond donors (Lipinski definition) is 2. The van der Waals surface area contributed by atoms with Crippen LogP contribution in [0, 0.1) is 5.95 Å². The van der Waals surface area contributed by atoms with E-state index in [1.54, 1.807) is 0 Å². The number of nitrogens with one attached hydrogen (secondary N) is 1. The van der Waals surface area contributed by atoms with Crippen LogP contribution < -0.4 is 5.32 Å². The lowest BCUT2D eigenvalue weighted by Gasteiger charge is -2.14. The Balaban J connectivity index is 2.63. The van der Waals surface area contributed by atoms with E-state index >= 15 is 0 Å². The number of halogens is 1. The SMILES string of the molecule is COCCCC(NC(=O)c1ccnc(F)c1)C(=O)O. The van der Waals surface area contributed by atoms with Crippen molar-refractivity contribution in [3.8, 4) is 0 Å². The van der Waals surface area contributed by atoms with Crippen LogP contribution in [0.4, 0.5) is 4.39 Å². The lowest BCUT2D eigenvalue weighted by atomic mass is 10.1. The molecule has 0 aliphatic carbocycles. The van der Waals surface area contributed by atoms with Crippen molar-refractivity contribution >= 4 is 11.9 Å². The smallest absolute Gasteiger partial charge is 0.326 e. The van der Waals surface area contributed by atoms with Crippen molar-refractivity contribution in [2.45, 2.75) is 18.9 Å². The molecule has 1 rings (SSSR count). The minimum Gasteiger partial charge on any atom is -0.480 e. The average molecular weight is 270 g/mol. The molecular weight excluding hydrogens is 255 g/mol. The van der Waals surface area contributed by atoms with Crippen LogP contribution in [0.15, 0.2) is 18.3 Å². The predicted octanol–water partition coefficient (Wildman–Crippen LogP) is 0.830. The summed E-state index contributed by atoms with van der Waals surface area (Å²) in [6.45, 7) is 0.406. The monoisotopic (exact) mass is 270 g/mol. The van der Waals surface area contributed by atoms with Gasteiger partial charge in [0.2, 0.25) is 5.95 Å². The summed E-state index contributed by atoms with van der Waals surface area (Å²) in [6.07, 6.45) is 1.88. The zero-order valence-electron chi connectivity index (χ0n) is 10.4. The summed E-state index contributed by atoms with van der Waals surface area (Å²) in [5.41, 5.74) is 0.0329. The molecule has 7 heteroatoms. The number of carbonyl (C=O) groups is 2. The molecule has 0 bridgehead atoms. The van der Waals surface area contributed by atoms with Crippen molar-refractivity contribution in [3.05, 3.63) is 29.8 Å². The van der Waals surface area contributed by atoms with E-state index in [-0.39, 0.29) is 12.0 Å². The highest BCUT2D eigenvalue weighted by Gasteiger charge is 2.20. The molecule has 1 unspecified atom stereocenters. The van der Waals surface area contributed by atoms with Gasteiger partial charge in [-0.2, -0.15) is 4.39 Å². The summed E-state index contributed by atoms with van der Waals surface area (Å²) < 4.78 is 17.7. The number of pyridine rings is 1. The minimum absolute atomic E-state index is 0.0329. The molecule has 1 heterocycles. The number of rotatable bonds is 7. The fourth-order valence-electron chi connectivity index (χ4n) is 1.47. The van der Waals surface area contributed by atoms with Crippen molar-refractivity contribution in [1.82, 2.24) is 10.3 Å². The fourth-order valence-corrected chi connectivity index (χ4v) is 1.47. The van der Waals surface area contributed by atoms with Gasteiger partial charge in [-0.25, -0.2) is 9.78 Å². The standard InChI is InChI=1S/C12H15FN2O4/c1-19-6-2-3-9(12(17)18)15-11(16)8-4-5-14-10(13)7-8/h4-5,7,9H,2-3,6H2,1H3,(H,15,16)(H,17,18). The quantitative estimate of drug-likeness (QED) is 0.566. The normalized spacial score (nSPS) is 11.9. The van der Waals surface area contributed by atoms with Gasteiger partial charge in [-0.05, 0) is 18.9 Å². The summed E-state index contributed by atoms with van der Waals surface area (Å²) in [4.78, 5) is 26.0. The number of aliphatic carboxylic acids is 1. The summed E-state index contributed by atoms with van der Waals surface area (Å²) >= 11 is 0. The van der Waals surface area contributed by atoms with Gasteiger partial charge in [0.25, 0.3) is 5.91 Å². The molecule has 0 saturated carbocycles. The van der Waals surface area contributed by atoms with Crippen molar-refractivity contribution in [3.63, 3.8) is 0 Å². The molecule has 0 spiro atoms. The molecule has 0 saturated heterocycles. The van der Waals surface area contributed by atoms with Crippen LogP contribution in [-0.4, -0.2) is 41.7 Å². The number of carboxylic acids is 1. The second-order valence-corrected chi connectivity index (χ2v) is 3.87. The van der Waals surface area contributed by atoms with Gasteiger partial charge < -0.3 is 15.2 Å². The molecule has 19 heavy (non-hydrogen) atoms. The van der Waals surface area contributed by atoms with E-state index in [4.69, 9.17) is 9.84 Å². The molecule has 1 aromatic heterocycles. The molecule has 1 aromatic rings. The Labute approximate surface area is 109 Å². The molecule has 1 amide bonds. The molecule has 104 valence electrons. The van der Waals surface area contributed by atoms with Crippen LogP contribution in [0.25, 0.3) is 0 Å². The molecular formula is C12H15FN2O4. The Morgan fingerprint density at radius 3 is 2.89 bits per heavy atom. The first-order valence-electron chi connectivity index (χ1n) is 5.68. The number of amides is 1. The highest BCUT2D eigenvalue weighted by atomic mass is 19.1. The van der Waals surface area contributed by atoms with Gasteiger partial charge in [-0.1, -0.05) is 0 Å². The Kier molecular flexibility index (Phi) is 5.87. The fraction of sp³-hybridized carbons (Fsp3) is 0.417. The van der Waals surface area contributed by atoms with Crippen LogP contribution in [0.1, 0.15) is 23.2 Å². The number of hydrogen-bond acceptors (Lipinski definition) is 4. The van der Waals surface area contributed by atoms with Crippen molar-refractivity contribution in [1.29, 1.82) is 0 Å². The highest BCUT2D eigenvalue weighted by Crippen LogP contribution is 2.04. The van der Waals surface area contributed by atoms with E-state index in [1.165, 1.54) is 13.2 Å². The third kappa shape index (κ3) is 5.01. The second kappa shape index (κ2) is 7.42. The van der Waals surface area contributed by atoms with Gasteiger partial charge in [-0.3, -0.25) is 4.79 Å². The van der Waals surface area contributed by atoms with Crippen LogP contribution >= 0.6 is 0 Å². The van der Waals surface area contributed by atoms with Crippen LogP contribution in [-0.2, 0) is 9.53 Å². The number of aromatic nitrogens is 1. The van der Waals surface area contributed by atoms with E-state index in [1.807, 2.05) is 0 Å². The maximum atomic E-state index is 12.8. The summed E-state index contributed by atoms with van der Waals surface area (Å²) in [5.74, 6) is -2.58. The Bertz CT molecular complexity index is 453. The zero-order valence-corrected chi connectivity index (χ0v) is 10.4. The molecule has 0 radical (unpaired) electrons. The first-order chi connectivity index (χ1) is 9.04. The topological polar surface area (TPSA) is 88.5 Å². The first-order valence-corrected chi connectivity index (χ1v) is 5.68. The van der Waals surface area contributed by atoms with E-state index < -0.39 is 23.9 Å². The maximum Gasteiger partial charge on any atom is 0.326 e. The lowest BCUT2D eigenvalue weighted by Crippen LogP contribution is -2.41. The molecule has 0 aliphatic rings. The molecule has 0 fully saturated rings. The summed E-state index contributed by atoms with van der Waals surface area (Å²) in [7, 11) is 1.51. The van der Waals surface area contributed by atoms with Crippen molar-refractivity contribution < 1.29 is 23.8 Å². The maximum absolute atomic E-state index is 12.8. The van der Waals surface area contributed by atoms with Gasteiger partial charge in [0.15, 0.2) is 0 Å². The molecule has 0 aliphatic heterocycles. The number of nitrogens with zero attached hydrogens (tertiary/aromatic N) is 1. The van der Waals surface area contributed by atoms with Gasteiger partial charge in [0.05, 0.1) is 0 Å².